The standard InChI is InChI=1S/C16H21N3O2/c17-15(20)10-21-9-8-18-14-7-3-5-12-11-4-1-2-6-13(11)19-16(12)14/h1-2,4,6,14,18-19H,3,5,7-10H2,(H2,17,20). The Morgan fingerprint density at radius 2 is 2.29 bits per heavy atom. The number of H-pyrrole nitrogens is 1. The van der Waals surface area contributed by atoms with E-state index < -0.39 is 5.91 Å². The number of nitrogens with one attached hydrogen (secondary N) is 2. The summed E-state index contributed by atoms with van der Waals surface area (Å²) in [6.45, 7) is 1.20. The Balaban J connectivity index is 1.65. The molecule has 1 aliphatic rings. The average molecular weight is 287 g/mol. The largest absolute Gasteiger partial charge is 0.370 e. The molecule has 2 aromatic rings. The molecule has 5 nitrogen and oxygen atoms in total. The van der Waals surface area contributed by atoms with E-state index in [0.29, 0.717) is 19.2 Å². The van der Waals surface area contributed by atoms with E-state index in [2.05, 4.69) is 34.6 Å². The maximum atomic E-state index is 10.6. The van der Waals surface area contributed by atoms with E-state index in [-0.39, 0.29) is 6.61 Å². The van der Waals surface area contributed by atoms with E-state index >= 15 is 0 Å². The Morgan fingerprint density at radius 3 is 3.14 bits per heavy atom. The molecule has 112 valence electrons. The van der Waals surface area contributed by atoms with Gasteiger partial charge in [0.15, 0.2) is 0 Å². The van der Waals surface area contributed by atoms with Crippen LogP contribution in [0.5, 0.6) is 0 Å². The second-order valence-corrected chi connectivity index (χ2v) is 5.48. The number of amides is 1. The number of primary amides is 1. The molecule has 0 spiro atoms. The van der Waals surface area contributed by atoms with Gasteiger partial charge in [0.05, 0.1) is 6.61 Å². The summed E-state index contributed by atoms with van der Waals surface area (Å²) < 4.78 is 5.19. The number of aromatic amines is 1. The number of nitrogens with two attached hydrogens (primary N) is 1. The van der Waals surface area contributed by atoms with Crippen molar-refractivity contribution in [1.82, 2.24) is 10.3 Å². The number of aromatic nitrogens is 1. The van der Waals surface area contributed by atoms with Crippen LogP contribution in [0.25, 0.3) is 10.9 Å². The van der Waals surface area contributed by atoms with Gasteiger partial charge in [-0.2, -0.15) is 0 Å². The van der Waals surface area contributed by atoms with Crippen molar-refractivity contribution in [3.05, 3.63) is 35.5 Å². The summed E-state index contributed by atoms with van der Waals surface area (Å²) in [5.74, 6) is -0.425. The van der Waals surface area contributed by atoms with Crippen molar-refractivity contribution in [2.24, 2.45) is 5.73 Å². The predicted octanol–water partition coefficient (Wildman–Crippen LogP) is 1.64. The van der Waals surface area contributed by atoms with Crippen molar-refractivity contribution in [3.63, 3.8) is 0 Å². The first-order valence-electron chi connectivity index (χ1n) is 7.44. The highest BCUT2D eigenvalue weighted by Crippen LogP contribution is 2.34. The first-order chi connectivity index (χ1) is 10.3. The Labute approximate surface area is 123 Å². The normalized spacial score (nSPS) is 17.8. The van der Waals surface area contributed by atoms with Gasteiger partial charge in [0.2, 0.25) is 5.91 Å². The van der Waals surface area contributed by atoms with Crippen LogP contribution in [0.1, 0.15) is 30.1 Å². The molecule has 0 aliphatic heterocycles. The summed E-state index contributed by atoms with van der Waals surface area (Å²) in [6, 6.07) is 8.79. The Morgan fingerprint density at radius 1 is 1.43 bits per heavy atom. The molecule has 3 rings (SSSR count). The number of benzene rings is 1. The SMILES string of the molecule is NC(=O)COCCNC1CCCc2c1[nH]c1ccccc21. The molecular weight excluding hydrogens is 266 g/mol. The summed E-state index contributed by atoms with van der Waals surface area (Å²) in [6.07, 6.45) is 3.44. The number of carbonyl (C=O) groups is 1. The molecule has 0 saturated carbocycles. The van der Waals surface area contributed by atoms with Crippen LogP contribution in [0.15, 0.2) is 24.3 Å². The number of aryl methyl sites for hydroxylation is 1. The number of fused-ring (bicyclic) bond motifs is 3. The third kappa shape index (κ3) is 3.09. The number of rotatable bonds is 6. The molecule has 1 aliphatic carbocycles. The van der Waals surface area contributed by atoms with E-state index in [4.69, 9.17) is 10.5 Å². The molecule has 0 bridgehead atoms. The molecule has 1 aromatic heterocycles. The summed E-state index contributed by atoms with van der Waals surface area (Å²) in [4.78, 5) is 14.1. The highest BCUT2D eigenvalue weighted by molar-refractivity contribution is 5.85. The first kappa shape index (κ1) is 14.1. The van der Waals surface area contributed by atoms with Crippen LogP contribution in [0, 0.1) is 0 Å². The summed E-state index contributed by atoms with van der Waals surface area (Å²) >= 11 is 0. The molecule has 1 unspecified atom stereocenters. The molecule has 0 saturated heterocycles. The van der Waals surface area contributed by atoms with Gasteiger partial charge in [-0.05, 0) is 30.9 Å². The molecule has 5 heteroatoms. The number of hydrogen-bond donors (Lipinski definition) is 3. The van der Waals surface area contributed by atoms with Gasteiger partial charge in [-0.25, -0.2) is 0 Å². The molecule has 0 radical (unpaired) electrons. The fraction of sp³-hybridized carbons (Fsp3) is 0.438. The van der Waals surface area contributed by atoms with Gasteiger partial charge in [-0.3, -0.25) is 4.79 Å². The van der Waals surface area contributed by atoms with E-state index in [1.165, 1.54) is 28.6 Å². The van der Waals surface area contributed by atoms with Gasteiger partial charge in [-0.15, -0.1) is 0 Å². The lowest BCUT2D eigenvalue weighted by molar-refractivity contribution is -0.122. The molecule has 1 atom stereocenters. The first-order valence-corrected chi connectivity index (χ1v) is 7.44. The fourth-order valence-electron chi connectivity index (χ4n) is 3.10. The topological polar surface area (TPSA) is 80.1 Å². The molecule has 0 fully saturated rings. The zero-order valence-corrected chi connectivity index (χ0v) is 12.0. The third-order valence-corrected chi connectivity index (χ3v) is 4.00. The lowest BCUT2D eigenvalue weighted by atomic mass is 9.92. The Hall–Kier alpha value is -1.85. The molecule has 21 heavy (non-hydrogen) atoms. The van der Waals surface area contributed by atoms with E-state index in [1.54, 1.807) is 0 Å². The number of carbonyl (C=O) groups excluding carboxylic acids is 1. The highest BCUT2D eigenvalue weighted by atomic mass is 16.5. The Bertz CT molecular complexity index is 635. The van der Waals surface area contributed by atoms with E-state index in [9.17, 15) is 4.79 Å². The number of hydrogen-bond acceptors (Lipinski definition) is 3. The average Bonchev–Trinajstić information content (AvgIpc) is 2.86. The molecule has 1 aromatic carbocycles. The van der Waals surface area contributed by atoms with Crippen LogP contribution in [0.4, 0.5) is 0 Å². The molecule has 1 heterocycles. The zero-order valence-electron chi connectivity index (χ0n) is 12.0. The maximum absolute atomic E-state index is 10.6. The predicted molar refractivity (Wildman–Crippen MR) is 82.0 cm³/mol. The van der Waals surface area contributed by atoms with Gasteiger partial charge in [-0.1, -0.05) is 18.2 Å². The van der Waals surface area contributed by atoms with Gasteiger partial charge < -0.3 is 20.8 Å². The van der Waals surface area contributed by atoms with Crippen molar-refractivity contribution in [3.8, 4) is 0 Å². The third-order valence-electron chi connectivity index (χ3n) is 4.00. The smallest absolute Gasteiger partial charge is 0.243 e. The Kier molecular flexibility index (Phi) is 4.22. The van der Waals surface area contributed by atoms with Crippen molar-refractivity contribution >= 4 is 16.8 Å². The summed E-state index contributed by atoms with van der Waals surface area (Å²) in [5.41, 5.74) is 8.98. The lowest BCUT2D eigenvalue weighted by Crippen LogP contribution is -2.29. The van der Waals surface area contributed by atoms with E-state index in [1.807, 2.05) is 0 Å². The second kappa shape index (κ2) is 6.28. The zero-order chi connectivity index (χ0) is 14.7. The molecule has 1 amide bonds. The highest BCUT2D eigenvalue weighted by Gasteiger charge is 2.23. The minimum atomic E-state index is -0.425. The number of ether oxygens (including phenoxy) is 1. The van der Waals surface area contributed by atoms with Gasteiger partial charge in [0.1, 0.15) is 6.61 Å². The van der Waals surface area contributed by atoms with Crippen molar-refractivity contribution in [2.45, 2.75) is 25.3 Å². The minimum Gasteiger partial charge on any atom is -0.370 e. The number of para-hydroxylation sites is 1. The van der Waals surface area contributed by atoms with Crippen molar-refractivity contribution in [1.29, 1.82) is 0 Å². The van der Waals surface area contributed by atoms with Crippen LogP contribution in [0.3, 0.4) is 0 Å². The summed E-state index contributed by atoms with van der Waals surface area (Å²) in [5, 5.41) is 4.84. The monoisotopic (exact) mass is 287 g/mol. The molecular formula is C16H21N3O2. The van der Waals surface area contributed by atoms with Crippen LogP contribution in [-0.4, -0.2) is 30.6 Å². The van der Waals surface area contributed by atoms with Gasteiger partial charge >= 0.3 is 0 Å². The molecule has 4 N–H and O–H groups in total. The quantitative estimate of drug-likeness (QED) is 0.707. The lowest BCUT2D eigenvalue weighted by Gasteiger charge is -2.23. The van der Waals surface area contributed by atoms with E-state index in [0.717, 1.165) is 12.8 Å². The van der Waals surface area contributed by atoms with Crippen LogP contribution in [-0.2, 0) is 16.0 Å². The van der Waals surface area contributed by atoms with Gasteiger partial charge in [0, 0.05) is 29.2 Å². The summed E-state index contributed by atoms with van der Waals surface area (Å²) in [7, 11) is 0. The van der Waals surface area contributed by atoms with Gasteiger partial charge in [0.25, 0.3) is 0 Å². The van der Waals surface area contributed by atoms with Crippen molar-refractivity contribution in [2.75, 3.05) is 19.8 Å². The van der Waals surface area contributed by atoms with Crippen LogP contribution < -0.4 is 11.1 Å². The minimum absolute atomic E-state index is 0.00994. The van der Waals surface area contributed by atoms with Crippen molar-refractivity contribution < 1.29 is 9.53 Å². The van der Waals surface area contributed by atoms with Crippen LogP contribution >= 0.6 is 0 Å². The maximum Gasteiger partial charge on any atom is 0.243 e. The van der Waals surface area contributed by atoms with Crippen LogP contribution in [0.2, 0.25) is 0 Å². The fourth-order valence-corrected chi connectivity index (χ4v) is 3.10. The second-order valence-electron chi connectivity index (χ2n) is 5.48.